The van der Waals surface area contributed by atoms with Gasteiger partial charge in [0, 0.05) is 25.5 Å². The summed E-state index contributed by atoms with van der Waals surface area (Å²) < 4.78 is 1.73. The summed E-state index contributed by atoms with van der Waals surface area (Å²) >= 11 is 0. The fourth-order valence-electron chi connectivity index (χ4n) is 2.17. The van der Waals surface area contributed by atoms with E-state index in [-0.39, 0.29) is 0 Å². The summed E-state index contributed by atoms with van der Waals surface area (Å²) in [5.74, 6) is 7.59. The van der Waals surface area contributed by atoms with Crippen molar-refractivity contribution in [1.29, 1.82) is 0 Å². The second-order valence-electron chi connectivity index (χ2n) is 4.71. The molecule has 0 radical (unpaired) electrons. The first kappa shape index (κ1) is 11.8. The van der Waals surface area contributed by atoms with Crippen LogP contribution in [0.3, 0.4) is 0 Å². The number of nitrogens with zero attached hydrogens (tertiary/aromatic N) is 6. The van der Waals surface area contributed by atoms with E-state index in [2.05, 4.69) is 37.2 Å². The van der Waals surface area contributed by atoms with Crippen LogP contribution in [-0.2, 0) is 0 Å². The molecule has 1 saturated heterocycles. The topological polar surface area (TPSA) is 97.8 Å². The number of imidazole rings is 1. The molecule has 1 atom stereocenters. The van der Waals surface area contributed by atoms with E-state index in [4.69, 9.17) is 5.84 Å². The van der Waals surface area contributed by atoms with Gasteiger partial charge in [-0.15, -0.1) is 0 Å². The molecule has 3 heterocycles. The van der Waals surface area contributed by atoms with Crippen molar-refractivity contribution in [3.63, 3.8) is 0 Å². The Hall–Kier alpha value is -2.22. The molecule has 8 nitrogen and oxygen atoms in total. The van der Waals surface area contributed by atoms with Crippen LogP contribution in [0.4, 0.5) is 11.9 Å². The van der Waals surface area contributed by atoms with E-state index < -0.39 is 0 Å². The summed E-state index contributed by atoms with van der Waals surface area (Å²) in [4.78, 5) is 19.1. The number of aromatic nitrogens is 5. The van der Waals surface area contributed by atoms with E-state index >= 15 is 0 Å². The first-order valence-corrected chi connectivity index (χ1v) is 6.22. The highest BCUT2D eigenvalue weighted by molar-refractivity contribution is 5.40. The zero-order valence-corrected chi connectivity index (χ0v) is 10.7. The molecule has 0 aromatic carbocycles. The summed E-state index contributed by atoms with van der Waals surface area (Å²) in [5, 5.41) is 0. The normalized spacial score (nSPS) is 18.8. The van der Waals surface area contributed by atoms with Crippen LogP contribution in [0.2, 0.25) is 0 Å². The predicted molar refractivity (Wildman–Crippen MR) is 70.8 cm³/mol. The molecule has 3 N–H and O–H groups in total. The average molecular weight is 260 g/mol. The van der Waals surface area contributed by atoms with Gasteiger partial charge < -0.3 is 4.90 Å². The number of nitrogen functional groups attached to an aromatic ring is 1. The Morgan fingerprint density at radius 2 is 2.16 bits per heavy atom. The molecule has 1 unspecified atom stereocenters. The Kier molecular flexibility index (Phi) is 3.00. The van der Waals surface area contributed by atoms with Crippen molar-refractivity contribution in [3.05, 3.63) is 18.7 Å². The summed E-state index contributed by atoms with van der Waals surface area (Å²) in [7, 11) is 0. The van der Waals surface area contributed by atoms with E-state index in [0.29, 0.717) is 23.8 Å². The van der Waals surface area contributed by atoms with E-state index in [0.717, 1.165) is 19.5 Å². The zero-order valence-electron chi connectivity index (χ0n) is 10.7. The molecule has 1 aliphatic rings. The molecule has 0 spiro atoms. The number of nitrogens with one attached hydrogen (secondary N) is 1. The third-order valence-electron chi connectivity index (χ3n) is 3.18. The molecular formula is C11H16N8. The van der Waals surface area contributed by atoms with Crippen molar-refractivity contribution < 1.29 is 0 Å². The highest BCUT2D eigenvalue weighted by atomic mass is 15.4. The number of rotatable bonds is 3. The molecule has 1 fully saturated rings. The van der Waals surface area contributed by atoms with Gasteiger partial charge in [-0.25, -0.2) is 10.8 Å². The third kappa shape index (κ3) is 2.34. The molecule has 3 rings (SSSR count). The minimum Gasteiger partial charge on any atom is -0.340 e. The van der Waals surface area contributed by atoms with Crippen LogP contribution in [0.25, 0.3) is 5.95 Å². The molecule has 2 aromatic heterocycles. The van der Waals surface area contributed by atoms with Crippen LogP contribution in [-0.4, -0.2) is 37.6 Å². The van der Waals surface area contributed by atoms with Crippen LogP contribution < -0.4 is 16.2 Å². The number of hydrogen-bond donors (Lipinski definition) is 2. The summed E-state index contributed by atoms with van der Waals surface area (Å²) in [5.41, 5.74) is 2.48. The van der Waals surface area contributed by atoms with Crippen LogP contribution in [0.1, 0.15) is 13.3 Å². The number of hydrazine groups is 1. The van der Waals surface area contributed by atoms with Crippen LogP contribution in [0, 0.1) is 5.92 Å². The van der Waals surface area contributed by atoms with Crippen molar-refractivity contribution in [2.45, 2.75) is 13.3 Å². The Morgan fingerprint density at radius 3 is 2.79 bits per heavy atom. The minimum atomic E-state index is 0.355. The maximum Gasteiger partial charge on any atom is 0.243 e. The first-order valence-electron chi connectivity index (χ1n) is 6.22. The molecule has 1 aliphatic heterocycles. The number of nitrogens with two attached hydrogens (primary N) is 1. The third-order valence-corrected chi connectivity index (χ3v) is 3.18. The van der Waals surface area contributed by atoms with Gasteiger partial charge in [0.15, 0.2) is 0 Å². The molecule has 100 valence electrons. The smallest absolute Gasteiger partial charge is 0.243 e. The van der Waals surface area contributed by atoms with Gasteiger partial charge in [-0.2, -0.15) is 15.0 Å². The first-order chi connectivity index (χ1) is 9.26. The van der Waals surface area contributed by atoms with Gasteiger partial charge in [0.25, 0.3) is 0 Å². The molecule has 8 heteroatoms. The Morgan fingerprint density at radius 1 is 1.32 bits per heavy atom. The second-order valence-corrected chi connectivity index (χ2v) is 4.71. The average Bonchev–Trinajstić information content (AvgIpc) is 3.09. The molecule has 0 bridgehead atoms. The largest absolute Gasteiger partial charge is 0.340 e. The van der Waals surface area contributed by atoms with Crippen molar-refractivity contribution in [2.75, 3.05) is 23.4 Å². The lowest BCUT2D eigenvalue weighted by Gasteiger charge is -2.16. The Balaban J connectivity index is 1.98. The van der Waals surface area contributed by atoms with Crippen LogP contribution in [0.5, 0.6) is 0 Å². The van der Waals surface area contributed by atoms with E-state index in [1.807, 2.05) is 0 Å². The van der Waals surface area contributed by atoms with Gasteiger partial charge in [0.2, 0.25) is 17.8 Å². The van der Waals surface area contributed by atoms with E-state index in [1.165, 1.54) is 0 Å². The van der Waals surface area contributed by atoms with Gasteiger partial charge in [0.05, 0.1) is 0 Å². The zero-order chi connectivity index (χ0) is 13.2. The fourth-order valence-corrected chi connectivity index (χ4v) is 2.17. The van der Waals surface area contributed by atoms with Crippen LogP contribution >= 0.6 is 0 Å². The monoisotopic (exact) mass is 260 g/mol. The molecule has 19 heavy (non-hydrogen) atoms. The highest BCUT2D eigenvalue weighted by Gasteiger charge is 2.22. The van der Waals surface area contributed by atoms with Crippen molar-refractivity contribution in [1.82, 2.24) is 24.5 Å². The highest BCUT2D eigenvalue weighted by Crippen LogP contribution is 2.21. The summed E-state index contributed by atoms with van der Waals surface area (Å²) in [6.07, 6.45) is 6.26. The Bertz CT molecular complexity index is 552. The van der Waals surface area contributed by atoms with Gasteiger partial charge >= 0.3 is 0 Å². The van der Waals surface area contributed by atoms with Crippen molar-refractivity contribution >= 4 is 11.9 Å². The van der Waals surface area contributed by atoms with Crippen LogP contribution in [0.15, 0.2) is 18.7 Å². The quantitative estimate of drug-likeness (QED) is 0.600. The van der Waals surface area contributed by atoms with Gasteiger partial charge in [-0.1, -0.05) is 6.92 Å². The molecule has 0 aliphatic carbocycles. The fraction of sp³-hybridized carbons (Fsp3) is 0.455. The minimum absolute atomic E-state index is 0.355. The van der Waals surface area contributed by atoms with E-state index in [9.17, 15) is 0 Å². The molecule has 0 amide bonds. The lowest BCUT2D eigenvalue weighted by atomic mass is 10.2. The molecule has 0 saturated carbocycles. The Labute approximate surface area is 110 Å². The number of hydrogen-bond acceptors (Lipinski definition) is 7. The lowest BCUT2D eigenvalue weighted by molar-refractivity contribution is 0.657. The van der Waals surface area contributed by atoms with E-state index in [1.54, 1.807) is 23.3 Å². The maximum absolute atomic E-state index is 5.42. The van der Waals surface area contributed by atoms with Crippen molar-refractivity contribution in [3.8, 4) is 5.95 Å². The van der Waals surface area contributed by atoms with Gasteiger partial charge in [0.1, 0.15) is 6.33 Å². The molecule has 2 aromatic rings. The summed E-state index contributed by atoms with van der Waals surface area (Å²) in [6, 6.07) is 0. The summed E-state index contributed by atoms with van der Waals surface area (Å²) in [6.45, 7) is 4.13. The maximum atomic E-state index is 5.42. The number of anilines is 2. The standard InChI is InChI=1S/C11H16N8/c1-8-2-4-18(6-8)10-14-9(17-12)15-11(16-10)19-5-3-13-7-19/h3,5,7-8H,2,4,6,12H2,1H3,(H,14,15,16,17). The van der Waals surface area contributed by atoms with Crippen molar-refractivity contribution in [2.24, 2.45) is 11.8 Å². The SMILES string of the molecule is CC1CCN(c2nc(NN)nc(-n3ccnc3)n2)C1. The predicted octanol–water partition coefficient (Wildman–Crippen LogP) is 0.189. The molecular weight excluding hydrogens is 244 g/mol. The lowest BCUT2D eigenvalue weighted by Crippen LogP contribution is -2.24. The second kappa shape index (κ2) is 4.81. The van der Waals surface area contributed by atoms with Gasteiger partial charge in [-0.3, -0.25) is 9.99 Å². The van der Waals surface area contributed by atoms with Gasteiger partial charge in [-0.05, 0) is 12.3 Å².